The lowest BCUT2D eigenvalue weighted by atomic mass is 9.82. The summed E-state index contributed by atoms with van der Waals surface area (Å²) in [5.74, 6) is 2.01. The third-order valence-corrected chi connectivity index (χ3v) is 6.41. The highest BCUT2D eigenvalue weighted by molar-refractivity contribution is 5.55. The Morgan fingerprint density at radius 2 is 1.60 bits per heavy atom. The van der Waals surface area contributed by atoms with Crippen LogP contribution in [0, 0.1) is 6.92 Å². The maximum absolute atomic E-state index is 4.65. The molecule has 2 aromatic carbocycles. The van der Waals surface area contributed by atoms with Crippen LogP contribution in [-0.4, -0.2) is 30.7 Å². The van der Waals surface area contributed by atoms with Crippen LogP contribution in [0.15, 0.2) is 79.1 Å². The third-order valence-electron chi connectivity index (χ3n) is 6.41. The number of nitrogens with zero attached hydrogens (tertiary/aromatic N) is 5. The summed E-state index contributed by atoms with van der Waals surface area (Å²) in [6, 6.07) is 24.8. The van der Waals surface area contributed by atoms with Crippen LogP contribution < -0.4 is 0 Å². The fourth-order valence-electron chi connectivity index (χ4n) is 5.07. The van der Waals surface area contributed by atoms with Gasteiger partial charge < -0.3 is 4.57 Å². The van der Waals surface area contributed by atoms with E-state index in [9.17, 15) is 0 Å². The Bertz CT molecular complexity index is 1150. The molecule has 2 bridgehead atoms. The standard InChI is InChI=1S/C25H23N5/c1-17-12-20(15-26-14-17)24-27-28-25-22-13-21(16-29(24)25)30(22)23(18-8-4-2-5-9-18)19-10-6-3-7-11-19/h2-12,14-15,21-23H,13,16H2,1H3. The van der Waals surface area contributed by atoms with E-state index in [1.807, 2.05) is 12.4 Å². The van der Waals surface area contributed by atoms with E-state index < -0.39 is 0 Å². The van der Waals surface area contributed by atoms with Crippen LogP contribution in [0.5, 0.6) is 0 Å². The van der Waals surface area contributed by atoms with Gasteiger partial charge in [0.1, 0.15) is 0 Å². The van der Waals surface area contributed by atoms with E-state index in [2.05, 4.69) is 98.3 Å². The van der Waals surface area contributed by atoms with Crippen molar-refractivity contribution in [2.45, 2.75) is 38.0 Å². The van der Waals surface area contributed by atoms with Crippen LogP contribution in [0.2, 0.25) is 0 Å². The van der Waals surface area contributed by atoms with Crippen LogP contribution in [0.3, 0.4) is 0 Å². The van der Waals surface area contributed by atoms with Gasteiger partial charge in [-0.2, -0.15) is 0 Å². The Kier molecular flexibility index (Phi) is 4.03. The van der Waals surface area contributed by atoms with Crippen molar-refractivity contribution in [1.29, 1.82) is 0 Å². The van der Waals surface area contributed by atoms with Crippen LogP contribution in [-0.2, 0) is 6.54 Å². The molecular weight excluding hydrogens is 370 g/mol. The van der Waals surface area contributed by atoms with Crippen molar-refractivity contribution in [3.05, 3.63) is 102 Å². The number of hydrogen-bond acceptors (Lipinski definition) is 4. The largest absolute Gasteiger partial charge is 0.308 e. The maximum Gasteiger partial charge on any atom is 0.165 e. The molecule has 0 spiro atoms. The number of rotatable bonds is 4. The van der Waals surface area contributed by atoms with Crippen molar-refractivity contribution in [1.82, 2.24) is 24.6 Å². The molecule has 1 fully saturated rings. The molecule has 2 unspecified atom stereocenters. The lowest BCUT2D eigenvalue weighted by Crippen LogP contribution is -2.58. The molecule has 2 aromatic heterocycles. The minimum atomic E-state index is 0.227. The zero-order chi connectivity index (χ0) is 20.1. The van der Waals surface area contributed by atoms with Crippen LogP contribution >= 0.6 is 0 Å². The zero-order valence-electron chi connectivity index (χ0n) is 16.9. The van der Waals surface area contributed by atoms with E-state index in [0.717, 1.165) is 35.7 Å². The molecule has 148 valence electrons. The average molecular weight is 393 g/mol. The Balaban J connectivity index is 1.41. The van der Waals surface area contributed by atoms with Gasteiger partial charge in [-0.05, 0) is 36.1 Å². The van der Waals surface area contributed by atoms with Crippen molar-refractivity contribution in [2.75, 3.05) is 0 Å². The topological polar surface area (TPSA) is 46.8 Å². The van der Waals surface area contributed by atoms with Crippen molar-refractivity contribution in [3.63, 3.8) is 0 Å². The second-order valence-electron chi connectivity index (χ2n) is 8.32. The first-order chi connectivity index (χ1) is 14.8. The highest BCUT2D eigenvalue weighted by Crippen LogP contribution is 2.51. The number of hydrogen-bond donors (Lipinski definition) is 0. The molecule has 0 amide bonds. The van der Waals surface area contributed by atoms with Gasteiger partial charge in [-0.25, -0.2) is 0 Å². The number of pyridine rings is 1. The number of benzene rings is 2. The van der Waals surface area contributed by atoms with Crippen LogP contribution in [0.25, 0.3) is 11.4 Å². The lowest BCUT2D eigenvalue weighted by Gasteiger charge is -2.55. The molecule has 30 heavy (non-hydrogen) atoms. The smallest absolute Gasteiger partial charge is 0.165 e. The number of aryl methyl sites for hydroxylation is 1. The monoisotopic (exact) mass is 393 g/mol. The predicted molar refractivity (Wildman–Crippen MR) is 116 cm³/mol. The molecular formula is C25H23N5. The summed E-state index contributed by atoms with van der Waals surface area (Å²) < 4.78 is 2.30. The molecule has 3 aliphatic heterocycles. The molecule has 1 saturated heterocycles. The Labute approximate surface area is 176 Å². The molecule has 3 aliphatic rings. The summed E-state index contributed by atoms with van der Waals surface area (Å²) in [6.07, 6.45) is 4.90. The Morgan fingerprint density at radius 3 is 2.27 bits per heavy atom. The Morgan fingerprint density at radius 1 is 0.900 bits per heavy atom. The Hall–Kier alpha value is -3.31. The fraction of sp³-hybridized carbons (Fsp3) is 0.240. The average Bonchev–Trinajstić information content (AvgIpc) is 3.23. The lowest BCUT2D eigenvalue weighted by molar-refractivity contribution is -0.0518. The first-order valence-corrected chi connectivity index (χ1v) is 10.5. The van der Waals surface area contributed by atoms with E-state index in [1.165, 1.54) is 11.1 Å². The molecule has 0 N–H and O–H groups in total. The van der Waals surface area contributed by atoms with Crippen molar-refractivity contribution < 1.29 is 0 Å². The van der Waals surface area contributed by atoms with Crippen LogP contribution in [0.1, 0.15) is 41.0 Å². The second-order valence-corrected chi connectivity index (χ2v) is 8.32. The molecule has 0 radical (unpaired) electrons. The molecule has 4 aromatic rings. The molecule has 7 rings (SSSR count). The van der Waals surface area contributed by atoms with Crippen molar-refractivity contribution >= 4 is 0 Å². The second kappa shape index (κ2) is 6.89. The predicted octanol–water partition coefficient (Wildman–Crippen LogP) is 4.57. The first kappa shape index (κ1) is 17.5. The van der Waals surface area contributed by atoms with E-state index >= 15 is 0 Å². The maximum atomic E-state index is 4.65. The minimum Gasteiger partial charge on any atom is -0.308 e. The molecule has 0 aliphatic carbocycles. The highest BCUT2D eigenvalue weighted by atomic mass is 15.4. The molecule has 0 saturated carbocycles. The molecule has 2 atom stereocenters. The van der Waals surface area contributed by atoms with E-state index in [1.54, 1.807) is 0 Å². The summed E-state index contributed by atoms with van der Waals surface area (Å²) in [7, 11) is 0. The normalized spacial score (nSPS) is 20.1. The fourth-order valence-corrected chi connectivity index (χ4v) is 5.07. The van der Waals surface area contributed by atoms with Gasteiger partial charge in [-0.15, -0.1) is 10.2 Å². The van der Waals surface area contributed by atoms with Gasteiger partial charge in [0, 0.05) is 30.5 Å². The molecule has 5 heteroatoms. The van der Waals surface area contributed by atoms with Gasteiger partial charge in [-0.1, -0.05) is 60.7 Å². The van der Waals surface area contributed by atoms with E-state index in [4.69, 9.17) is 0 Å². The van der Waals surface area contributed by atoms with Crippen LogP contribution in [0.4, 0.5) is 0 Å². The minimum absolute atomic E-state index is 0.227. The first-order valence-electron chi connectivity index (χ1n) is 10.5. The quantitative estimate of drug-likeness (QED) is 0.510. The molecule has 5 heterocycles. The van der Waals surface area contributed by atoms with Gasteiger partial charge >= 0.3 is 0 Å². The van der Waals surface area contributed by atoms with Gasteiger partial charge in [0.15, 0.2) is 11.6 Å². The van der Waals surface area contributed by atoms with Crippen molar-refractivity contribution in [2.24, 2.45) is 0 Å². The van der Waals surface area contributed by atoms with E-state index in [0.29, 0.717) is 6.04 Å². The SMILES string of the molecule is Cc1cncc(-c2nnc3n2CC2CC3N2C(c2ccccc2)c2ccccc2)c1. The van der Waals surface area contributed by atoms with Crippen molar-refractivity contribution in [3.8, 4) is 11.4 Å². The van der Waals surface area contributed by atoms with E-state index in [-0.39, 0.29) is 12.1 Å². The van der Waals surface area contributed by atoms with Gasteiger partial charge in [0.25, 0.3) is 0 Å². The zero-order valence-corrected chi connectivity index (χ0v) is 16.9. The summed E-state index contributed by atoms with van der Waals surface area (Å²) in [5, 5.41) is 9.22. The summed E-state index contributed by atoms with van der Waals surface area (Å²) in [6.45, 7) is 2.98. The summed E-state index contributed by atoms with van der Waals surface area (Å²) in [4.78, 5) is 6.98. The summed E-state index contributed by atoms with van der Waals surface area (Å²) >= 11 is 0. The van der Waals surface area contributed by atoms with Gasteiger partial charge in [0.2, 0.25) is 0 Å². The van der Waals surface area contributed by atoms with Gasteiger partial charge in [-0.3, -0.25) is 9.88 Å². The highest BCUT2D eigenvalue weighted by Gasteiger charge is 2.50. The summed E-state index contributed by atoms with van der Waals surface area (Å²) in [5.41, 5.74) is 4.84. The van der Waals surface area contributed by atoms with Gasteiger partial charge in [0.05, 0.1) is 12.1 Å². The third kappa shape index (κ3) is 2.70. The molecule has 5 nitrogen and oxygen atoms in total. The number of aromatic nitrogens is 4.